The highest BCUT2D eigenvalue weighted by Gasteiger charge is 2.24. The van der Waals surface area contributed by atoms with Crippen LogP contribution in [0.2, 0.25) is 0 Å². The average molecular weight is 559 g/mol. The molecule has 0 amide bonds. The van der Waals surface area contributed by atoms with Crippen molar-refractivity contribution in [2.75, 3.05) is 33.4 Å². The molecule has 180 valence electrons. The van der Waals surface area contributed by atoms with Crippen molar-refractivity contribution in [3.63, 3.8) is 0 Å². The van der Waals surface area contributed by atoms with Gasteiger partial charge in [-0.05, 0) is 63.9 Å². The van der Waals surface area contributed by atoms with Gasteiger partial charge in [0.15, 0.2) is 5.96 Å². The molecule has 0 aromatic carbocycles. The molecule has 4 rings (SSSR count). The fourth-order valence-electron chi connectivity index (χ4n) is 4.75. The molecule has 2 saturated heterocycles. The Morgan fingerprint density at radius 2 is 1.91 bits per heavy atom. The Labute approximate surface area is 209 Å². The van der Waals surface area contributed by atoms with Gasteiger partial charge in [0.2, 0.25) is 5.88 Å². The van der Waals surface area contributed by atoms with Gasteiger partial charge in [0.25, 0.3) is 0 Å². The molecule has 1 saturated carbocycles. The summed E-state index contributed by atoms with van der Waals surface area (Å²) in [5, 5.41) is 3.51. The molecule has 1 aliphatic carbocycles. The molecule has 1 aromatic heterocycles. The van der Waals surface area contributed by atoms with Crippen LogP contribution >= 0.6 is 24.0 Å². The minimum atomic E-state index is 0. The number of aromatic nitrogens is 1. The highest BCUT2D eigenvalue weighted by molar-refractivity contribution is 14.0. The Hall–Kier alpha value is -1.13. The number of nitrogens with zero attached hydrogens (tertiary/aromatic N) is 3. The topological polar surface area (TPSA) is 68.2 Å². The second-order valence-electron chi connectivity index (χ2n) is 8.90. The van der Waals surface area contributed by atoms with E-state index in [4.69, 9.17) is 14.2 Å². The third-order valence-electron chi connectivity index (χ3n) is 6.61. The van der Waals surface area contributed by atoms with E-state index in [1.807, 2.05) is 19.3 Å². The van der Waals surface area contributed by atoms with E-state index < -0.39 is 0 Å². The SMILES string of the molecule is CN=C(NCc1cccnc1OC1CCCC1)N1CCC(OCC2CCCCO2)CC1.I. The van der Waals surface area contributed by atoms with Gasteiger partial charge >= 0.3 is 0 Å². The van der Waals surface area contributed by atoms with Gasteiger partial charge in [0, 0.05) is 45.0 Å². The number of hydrogen-bond acceptors (Lipinski definition) is 5. The zero-order valence-corrected chi connectivity index (χ0v) is 21.7. The van der Waals surface area contributed by atoms with Gasteiger partial charge in [0.1, 0.15) is 6.10 Å². The van der Waals surface area contributed by atoms with Crippen LogP contribution in [0, 0.1) is 0 Å². The number of ether oxygens (including phenoxy) is 3. The van der Waals surface area contributed by atoms with Crippen LogP contribution in [0.25, 0.3) is 0 Å². The van der Waals surface area contributed by atoms with Gasteiger partial charge in [-0.2, -0.15) is 0 Å². The number of nitrogens with one attached hydrogen (secondary N) is 1. The summed E-state index contributed by atoms with van der Waals surface area (Å²) in [5.74, 6) is 1.69. The van der Waals surface area contributed by atoms with Gasteiger partial charge in [-0.15, -0.1) is 24.0 Å². The van der Waals surface area contributed by atoms with E-state index >= 15 is 0 Å². The molecule has 1 unspecified atom stereocenters. The lowest BCUT2D eigenvalue weighted by molar-refractivity contribution is -0.0721. The Kier molecular flexibility index (Phi) is 10.8. The molecule has 2 aliphatic heterocycles. The number of halogens is 1. The van der Waals surface area contributed by atoms with Crippen molar-refractivity contribution in [2.45, 2.75) is 82.6 Å². The molecular weight excluding hydrogens is 519 g/mol. The number of pyridine rings is 1. The van der Waals surface area contributed by atoms with Crippen molar-refractivity contribution in [3.8, 4) is 5.88 Å². The van der Waals surface area contributed by atoms with Crippen molar-refractivity contribution in [2.24, 2.45) is 4.99 Å². The Morgan fingerprint density at radius 3 is 2.62 bits per heavy atom. The van der Waals surface area contributed by atoms with Crippen LogP contribution < -0.4 is 10.1 Å². The molecule has 0 bridgehead atoms. The summed E-state index contributed by atoms with van der Waals surface area (Å²) in [5.41, 5.74) is 1.08. The van der Waals surface area contributed by atoms with Crippen LogP contribution in [0.3, 0.4) is 0 Å². The number of rotatable bonds is 7. The molecule has 3 heterocycles. The normalized spacial score (nSPS) is 23.1. The molecule has 7 nitrogen and oxygen atoms in total. The van der Waals surface area contributed by atoms with Crippen LogP contribution in [-0.4, -0.2) is 67.5 Å². The van der Waals surface area contributed by atoms with Crippen LogP contribution in [0.4, 0.5) is 0 Å². The van der Waals surface area contributed by atoms with Gasteiger partial charge in [-0.25, -0.2) is 4.98 Å². The van der Waals surface area contributed by atoms with Crippen molar-refractivity contribution >= 4 is 29.9 Å². The van der Waals surface area contributed by atoms with E-state index in [-0.39, 0.29) is 24.0 Å². The molecule has 8 heteroatoms. The van der Waals surface area contributed by atoms with Crippen molar-refractivity contribution < 1.29 is 14.2 Å². The van der Waals surface area contributed by atoms with Crippen molar-refractivity contribution in [3.05, 3.63) is 23.9 Å². The molecule has 1 N–H and O–H groups in total. The Balaban J connectivity index is 0.00000289. The first-order valence-electron chi connectivity index (χ1n) is 12.1. The summed E-state index contributed by atoms with van der Waals surface area (Å²) < 4.78 is 18.1. The van der Waals surface area contributed by atoms with E-state index in [0.29, 0.717) is 24.9 Å². The number of piperidine rings is 1. The molecule has 32 heavy (non-hydrogen) atoms. The second kappa shape index (κ2) is 13.5. The van der Waals surface area contributed by atoms with Crippen LogP contribution in [0.1, 0.15) is 63.4 Å². The quantitative estimate of drug-likeness (QED) is 0.308. The monoisotopic (exact) mass is 558 g/mol. The highest BCUT2D eigenvalue weighted by Crippen LogP contribution is 2.25. The lowest BCUT2D eigenvalue weighted by atomic mass is 10.1. The average Bonchev–Trinajstić information content (AvgIpc) is 3.34. The van der Waals surface area contributed by atoms with Crippen molar-refractivity contribution in [1.82, 2.24) is 15.2 Å². The minimum absolute atomic E-state index is 0. The first-order chi connectivity index (χ1) is 15.3. The van der Waals surface area contributed by atoms with E-state index in [0.717, 1.165) is 75.8 Å². The lowest BCUT2D eigenvalue weighted by Gasteiger charge is -2.35. The van der Waals surface area contributed by atoms with Crippen LogP contribution in [0.15, 0.2) is 23.3 Å². The summed E-state index contributed by atoms with van der Waals surface area (Å²) in [6, 6.07) is 4.06. The van der Waals surface area contributed by atoms with Gasteiger partial charge < -0.3 is 24.4 Å². The minimum Gasteiger partial charge on any atom is -0.474 e. The van der Waals surface area contributed by atoms with E-state index in [2.05, 4.69) is 26.3 Å². The molecule has 3 aliphatic rings. The summed E-state index contributed by atoms with van der Waals surface area (Å²) in [4.78, 5) is 11.3. The summed E-state index contributed by atoms with van der Waals surface area (Å²) in [6.07, 6.45) is 13.2. The van der Waals surface area contributed by atoms with Crippen LogP contribution in [0.5, 0.6) is 5.88 Å². The predicted octanol–water partition coefficient (Wildman–Crippen LogP) is 4.15. The zero-order valence-electron chi connectivity index (χ0n) is 19.3. The fourth-order valence-corrected chi connectivity index (χ4v) is 4.75. The summed E-state index contributed by atoms with van der Waals surface area (Å²) in [7, 11) is 1.85. The van der Waals surface area contributed by atoms with E-state index in [1.54, 1.807) is 0 Å². The van der Waals surface area contributed by atoms with Gasteiger partial charge in [-0.3, -0.25) is 4.99 Å². The third-order valence-corrected chi connectivity index (χ3v) is 6.61. The number of hydrogen-bond donors (Lipinski definition) is 1. The van der Waals surface area contributed by atoms with E-state index in [9.17, 15) is 0 Å². The number of guanidine groups is 1. The van der Waals surface area contributed by atoms with Gasteiger partial charge in [-0.1, -0.05) is 6.07 Å². The van der Waals surface area contributed by atoms with E-state index in [1.165, 1.54) is 25.7 Å². The first kappa shape index (κ1) is 25.5. The maximum Gasteiger partial charge on any atom is 0.218 e. The largest absolute Gasteiger partial charge is 0.474 e. The third kappa shape index (κ3) is 7.45. The smallest absolute Gasteiger partial charge is 0.218 e. The maximum absolute atomic E-state index is 6.18. The summed E-state index contributed by atoms with van der Waals surface area (Å²) in [6.45, 7) is 4.20. The van der Waals surface area contributed by atoms with Crippen LogP contribution in [-0.2, 0) is 16.0 Å². The Bertz CT molecular complexity index is 700. The molecule has 1 atom stereocenters. The highest BCUT2D eigenvalue weighted by atomic mass is 127. The maximum atomic E-state index is 6.18. The number of likely N-dealkylation sites (tertiary alicyclic amines) is 1. The predicted molar refractivity (Wildman–Crippen MR) is 137 cm³/mol. The molecule has 0 spiro atoms. The number of aliphatic imine (C=N–C) groups is 1. The second-order valence-corrected chi connectivity index (χ2v) is 8.90. The Morgan fingerprint density at radius 1 is 1.12 bits per heavy atom. The molecule has 0 radical (unpaired) electrons. The molecule has 3 fully saturated rings. The standard InChI is InChI=1S/C24H38N4O3.HI/c1-25-24(27-17-19-7-6-13-26-23(19)31-21-8-2-3-9-21)28-14-11-20(12-15-28)30-18-22-10-4-5-16-29-22;/h6-7,13,20-22H,2-5,8-12,14-18H2,1H3,(H,25,27);1H. The van der Waals surface area contributed by atoms with Gasteiger partial charge in [0.05, 0.1) is 18.8 Å². The lowest BCUT2D eigenvalue weighted by Crippen LogP contribution is -2.47. The molecular formula is C24H39IN4O3. The fraction of sp³-hybridized carbons (Fsp3) is 0.750. The first-order valence-corrected chi connectivity index (χ1v) is 12.1. The summed E-state index contributed by atoms with van der Waals surface area (Å²) >= 11 is 0. The van der Waals surface area contributed by atoms with Crippen molar-refractivity contribution in [1.29, 1.82) is 0 Å². The molecule has 1 aromatic rings. The zero-order chi connectivity index (χ0) is 21.3.